The lowest BCUT2D eigenvalue weighted by atomic mass is 10.2. The van der Waals surface area contributed by atoms with E-state index in [1.165, 1.54) is 7.11 Å². The summed E-state index contributed by atoms with van der Waals surface area (Å²) in [6.07, 6.45) is 0. The molecule has 0 bridgehead atoms. The van der Waals surface area contributed by atoms with E-state index in [1.807, 2.05) is 0 Å². The van der Waals surface area contributed by atoms with Gasteiger partial charge in [0, 0.05) is 0 Å². The number of hydrogen-bond donors (Lipinski definition) is 2. The van der Waals surface area contributed by atoms with Crippen LogP contribution in [0.2, 0.25) is 0 Å². The number of methoxy groups -OCH3 is 1. The summed E-state index contributed by atoms with van der Waals surface area (Å²) in [7, 11) is 1.44. The van der Waals surface area contributed by atoms with Crippen LogP contribution in [-0.4, -0.2) is 44.6 Å². The Bertz CT molecular complexity index is 394. The summed E-state index contributed by atoms with van der Waals surface area (Å²) < 4.78 is 15.0. The van der Waals surface area contributed by atoms with Crippen LogP contribution in [0.5, 0.6) is 5.75 Å². The van der Waals surface area contributed by atoms with Gasteiger partial charge >= 0.3 is 5.97 Å². The second-order valence-electron chi connectivity index (χ2n) is 3.40. The first-order valence-corrected chi connectivity index (χ1v) is 5.49. The summed E-state index contributed by atoms with van der Waals surface area (Å²) in [6, 6.07) is 4.86. The Hall–Kier alpha value is -1.79. The smallest absolute Gasteiger partial charge is 0.342 e. The summed E-state index contributed by atoms with van der Waals surface area (Å²) >= 11 is 0. The minimum Gasteiger partial charge on any atom is -0.494 e. The largest absolute Gasteiger partial charge is 0.494 e. The van der Waals surface area contributed by atoms with E-state index in [0.29, 0.717) is 11.4 Å². The van der Waals surface area contributed by atoms with E-state index in [1.54, 1.807) is 18.2 Å². The Balaban J connectivity index is 2.54. The zero-order valence-electron chi connectivity index (χ0n) is 10.2. The van der Waals surface area contributed by atoms with Crippen molar-refractivity contribution in [2.75, 3.05) is 39.3 Å². The van der Waals surface area contributed by atoms with Crippen molar-refractivity contribution < 1.29 is 24.1 Å². The Labute approximate surface area is 105 Å². The highest BCUT2D eigenvalue weighted by Gasteiger charge is 2.15. The van der Waals surface area contributed by atoms with Gasteiger partial charge in [-0.05, 0) is 12.1 Å². The second kappa shape index (κ2) is 7.52. The standard InChI is InChI=1S/C12H17NO5/c1-16-11-9(3-2-4-10(11)13)12(15)18-8-7-17-6-5-14/h2-4,14H,5-8,13H2,1H3. The van der Waals surface area contributed by atoms with E-state index < -0.39 is 5.97 Å². The number of esters is 1. The van der Waals surface area contributed by atoms with Crippen molar-refractivity contribution in [1.29, 1.82) is 0 Å². The molecule has 1 aromatic carbocycles. The Kier molecular flexibility index (Phi) is 5.96. The predicted octanol–water partition coefficient (Wildman–Crippen LogP) is 0.443. The molecule has 0 spiro atoms. The highest BCUT2D eigenvalue weighted by molar-refractivity contribution is 5.94. The summed E-state index contributed by atoms with van der Waals surface area (Å²) in [4.78, 5) is 11.7. The maximum atomic E-state index is 11.7. The lowest BCUT2D eigenvalue weighted by molar-refractivity contribution is 0.0256. The van der Waals surface area contributed by atoms with E-state index >= 15 is 0 Å². The molecule has 6 nitrogen and oxygen atoms in total. The zero-order chi connectivity index (χ0) is 13.4. The van der Waals surface area contributed by atoms with Gasteiger partial charge in [0.15, 0.2) is 5.75 Å². The van der Waals surface area contributed by atoms with Gasteiger partial charge in [0.25, 0.3) is 0 Å². The number of nitrogens with two attached hydrogens (primary N) is 1. The second-order valence-corrected chi connectivity index (χ2v) is 3.40. The number of aliphatic hydroxyl groups is 1. The van der Waals surface area contributed by atoms with Crippen molar-refractivity contribution in [3.63, 3.8) is 0 Å². The molecule has 0 heterocycles. The molecule has 0 unspecified atom stereocenters. The van der Waals surface area contributed by atoms with E-state index in [2.05, 4.69) is 0 Å². The SMILES string of the molecule is COc1c(N)cccc1C(=O)OCCOCCO. The first-order valence-electron chi connectivity index (χ1n) is 5.49. The molecule has 0 radical (unpaired) electrons. The molecule has 0 atom stereocenters. The van der Waals surface area contributed by atoms with Crippen LogP contribution in [0, 0.1) is 0 Å². The molecule has 1 aromatic rings. The van der Waals surface area contributed by atoms with E-state index in [0.717, 1.165) is 0 Å². The minimum absolute atomic E-state index is 0.0585. The third-order valence-corrected chi connectivity index (χ3v) is 2.17. The van der Waals surface area contributed by atoms with Crippen molar-refractivity contribution in [3.05, 3.63) is 23.8 Å². The van der Waals surface area contributed by atoms with Crippen LogP contribution in [-0.2, 0) is 9.47 Å². The average Bonchev–Trinajstić information content (AvgIpc) is 2.38. The molecule has 3 N–H and O–H groups in total. The van der Waals surface area contributed by atoms with Gasteiger partial charge in [0.05, 0.1) is 32.6 Å². The highest BCUT2D eigenvalue weighted by Crippen LogP contribution is 2.26. The molecule has 0 saturated carbocycles. The topological polar surface area (TPSA) is 91.0 Å². The van der Waals surface area contributed by atoms with Gasteiger partial charge in [0.2, 0.25) is 0 Å². The number of nitrogen functional groups attached to an aromatic ring is 1. The predicted molar refractivity (Wildman–Crippen MR) is 65.6 cm³/mol. The van der Waals surface area contributed by atoms with Gasteiger partial charge in [-0.15, -0.1) is 0 Å². The molecular formula is C12H17NO5. The quantitative estimate of drug-likeness (QED) is 0.417. The molecule has 0 aliphatic heterocycles. The number of carbonyl (C=O) groups is 1. The van der Waals surface area contributed by atoms with Gasteiger partial charge in [-0.1, -0.05) is 6.07 Å². The molecule has 0 saturated heterocycles. The molecule has 6 heteroatoms. The fourth-order valence-electron chi connectivity index (χ4n) is 1.38. The number of aliphatic hydroxyl groups excluding tert-OH is 1. The van der Waals surface area contributed by atoms with Gasteiger partial charge in [-0.3, -0.25) is 0 Å². The van der Waals surface area contributed by atoms with Crippen LogP contribution in [0.15, 0.2) is 18.2 Å². The van der Waals surface area contributed by atoms with Crippen LogP contribution in [0.4, 0.5) is 5.69 Å². The molecule has 0 aliphatic rings. The fourth-order valence-corrected chi connectivity index (χ4v) is 1.38. The number of para-hydroxylation sites is 1. The Morgan fingerprint density at radius 1 is 1.33 bits per heavy atom. The molecule has 0 amide bonds. The van der Waals surface area contributed by atoms with E-state index in [4.69, 9.17) is 25.1 Å². The molecule has 100 valence electrons. The molecule has 0 fully saturated rings. The zero-order valence-corrected chi connectivity index (χ0v) is 10.2. The molecular weight excluding hydrogens is 238 g/mol. The Morgan fingerprint density at radius 3 is 2.78 bits per heavy atom. The van der Waals surface area contributed by atoms with Crippen LogP contribution in [0.1, 0.15) is 10.4 Å². The van der Waals surface area contributed by atoms with E-state index in [9.17, 15) is 4.79 Å². The number of hydrogen-bond acceptors (Lipinski definition) is 6. The lowest BCUT2D eigenvalue weighted by Crippen LogP contribution is -2.13. The van der Waals surface area contributed by atoms with Gasteiger partial charge in [-0.25, -0.2) is 4.79 Å². The molecule has 0 aromatic heterocycles. The van der Waals surface area contributed by atoms with Gasteiger partial charge < -0.3 is 25.1 Å². The molecule has 0 aliphatic carbocycles. The van der Waals surface area contributed by atoms with Crippen LogP contribution in [0.3, 0.4) is 0 Å². The lowest BCUT2D eigenvalue weighted by Gasteiger charge is -2.10. The first-order chi connectivity index (χ1) is 8.70. The molecule has 18 heavy (non-hydrogen) atoms. The number of ether oxygens (including phenoxy) is 3. The first kappa shape index (κ1) is 14.3. The van der Waals surface area contributed by atoms with Crippen molar-refractivity contribution in [3.8, 4) is 5.75 Å². The monoisotopic (exact) mass is 255 g/mol. The molecule has 1 rings (SSSR count). The summed E-state index contributed by atoms with van der Waals surface area (Å²) in [5.41, 5.74) is 6.33. The third kappa shape index (κ3) is 3.90. The normalized spacial score (nSPS) is 10.1. The van der Waals surface area contributed by atoms with Crippen molar-refractivity contribution >= 4 is 11.7 Å². The van der Waals surface area contributed by atoms with Crippen LogP contribution in [0.25, 0.3) is 0 Å². The Morgan fingerprint density at radius 2 is 2.11 bits per heavy atom. The van der Waals surface area contributed by atoms with Crippen molar-refractivity contribution in [1.82, 2.24) is 0 Å². The summed E-state index contributed by atoms with van der Waals surface area (Å²) in [5.74, 6) is -0.217. The van der Waals surface area contributed by atoms with Gasteiger partial charge in [0.1, 0.15) is 12.2 Å². The maximum Gasteiger partial charge on any atom is 0.342 e. The number of carbonyl (C=O) groups excluding carboxylic acids is 1. The maximum absolute atomic E-state index is 11.7. The summed E-state index contributed by atoms with van der Waals surface area (Å²) in [5, 5.41) is 8.49. The number of benzene rings is 1. The van der Waals surface area contributed by atoms with Gasteiger partial charge in [-0.2, -0.15) is 0 Å². The average molecular weight is 255 g/mol. The highest BCUT2D eigenvalue weighted by atomic mass is 16.6. The van der Waals surface area contributed by atoms with Crippen LogP contribution >= 0.6 is 0 Å². The van der Waals surface area contributed by atoms with Crippen molar-refractivity contribution in [2.24, 2.45) is 0 Å². The van der Waals surface area contributed by atoms with E-state index in [-0.39, 0.29) is 32.0 Å². The number of anilines is 1. The number of rotatable bonds is 7. The summed E-state index contributed by atoms with van der Waals surface area (Å²) in [6.45, 7) is 0.504. The fraction of sp³-hybridized carbons (Fsp3) is 0.417. The third-order valence-electron chi connectivity index (χ3n) is 2.17. The van der Waals surface area contributed by atoms with Crippen molar-refractivity contribution in [2.45, 2.75) is 0 Å². The minimum atomic E-state index is -0.522. The van der Waals surface area contributed by atoms with Crippen LogP contribution < -0.4 is 10.5 Å².